The number of hydrogen-bond donors (Lipinski definition) is 0. The Morgan fingerprint density at radius 3 is 2.56 bits per heavy atom. The summed E-state index contributed by atoms with van der Waals surface area (Å²) in [5, 5.41) is 8.16. The molecule has 0 radical (unpaired) electrons. The van der Waals surface area contributed by atoms with Crippen molar-refractivity contribution in [2.24, 2.45) is 4.99 Å². The molecule has 0 aromatic heterocycles. The second-order valence-corrected chi connectivity index (χ2v) is 2.19. The second-order valence-electron chi connectivity index (χ2n) is 1.27. The normalized spacial score (nSPS) is 8.89. The molecular formula is C6H5BrN2. The molecule has 2 nitrogen and oxygen atoms in total. The number of nitriles is 1. The van der Waals surface area contributed by atoms with Gasteiger partial charge in [-0.3, -0.25) is 0 Å². The Morgan fingerprint density at radius 2 is 2.22 bits per heavy atom. The molecule has 0 rings (SSSR count). The van der Waals surface area contributed by atoms with E-state index in [2.05, 4.69) is 34.1 Å². The van der Waals surface area contributed by atoms with Crippen LogP contribution in [0.25, 0.3) is 0 Å². The highest BCUT2D eigenvalue weighted by atomic mass is 79.9. The first-order chi connectivity index (χ1) is 4.16. The quantitative estimate of drug-likeness (QED) is 0.368. The fourth-order valence-corrected chi connectivity index (χ4v) is 0.279. The SMILES string of the molecule is C=C(C#N)/C=N\C(=C)Br. The summed E-state index contributed by atoms with van der Waals surface area (Å²) >= 11 is 2.99. The maximum absolute atomic E-state index is 8.16. The topological polar surface area (TPSA) is 36.1 Å². The molecule has 0 aromatic rings. The Morgan fingerprint density at radius 1 is 1.67 bits per heavy atom. The van der Waals surface area contributed by atoms with E-state index < -0.39 is 0 Å². The fraction of sp³-hybridized carbons (Fsp3) is 0. The Hall–Kier alpha value is -0.880. The maximum atomic E-state index is 8.16. The third-order valence-electron chi connectivity index (χ3n) is 0.504. The van der Waals surface area contributed by atoms with E-state index in [0.717, 1.165) is 0 Å². The van der Waals surface area contributed by atoms with Crippen molar-refractivity contribution in [1.82, 2.24) is 0 Å². The summed E-state index contributed by atoms with van der Waals surface area (Å²) in [6.07, 6.45) is 1.34. The Bertz CT molecular complexity index is 198. The van der Waals surface area contributed by atoms with Gasteiger partial charge in [0.15, 0.2) is 0 Å². The summed E-state index contributed by atoms with van der Waals surface area (Å²) in [6, 6.07) is 1.81. The van der Waals surface area contributed by atoms with Crippen LogP contribution in [-0.2, 0) is 0 Å². The molecule has 0 bridgehead atoms. The van der Waals surface area contributed by atoms with E-state index in [4.69, 9.17) is 5.26 Å². The number of aliphatic imine (C=N–C) groups is 1. The molecule has 0 amide bonds. The third kappa shape index (κ3) is 4.98. The molecular weight excluding hydrogens is 180 g/mol. The Labute approximate surface area is 62.3 Å². The van der Waals surface area contributed by atoms with Crippen LogP contribution in [0.3, 0.4) is 0 Å². The van der Waals surface area contributed by atoms with Gasteiger partial charge in [0.1, 0.15) is 6.07 Å². The van der Waals surface area contributed by atoms with Gasteiger partial charge in [0, 0.05) is 6.21 Å². The average molecular weight is 185 g/mol. The summed E-state index contributed by atoms with van der Waals surface area (Å²) < 4.78 is 0.485. The third-order valence-corrected chi connectivity index (χ3v) is 0.709. The highest BCUT2D eigenvalue weighted by Gasteiger charge is 1.81. The first-order valence-corrected chi connectivity index (χ1v) is 2.93. The zero-order chi connectivity index (χ0) is 7.28. The highest BCUT2D eigenvalue weighted by molar-refractivity contribution is 9.11. The van der Waals surface area contributed by atoms with E-state index in [-0.39, 0.29) is 0 Å². The summed E-state index contributed by atoms with van der Waals surface area (Å²) in [6.45, 7) is 6.80. The first kappa shape index (κ1) is 8.12. The molecule has 0 aromatic carbocycles. The smallest absolute Gasteiger partial charge is 0.100 e. The van der Waals surface area contributed by atoms with Crippen LogP contribution in [0.4, 0.5) is 0 Å². The number of halogens is 1. The Kier molecular flexibility index (Phi) is 3.65. The lowest BCUT2D eigenvalue weighted by atomic mass is 10.4. The molecule has 46 valence electrons. The van der Waals surface area contributed by atoms with Crippen LogP contribution in [0.15, 0.2) is 28.3 Å². The van der Waals surface area contributed by atoms with E-state index in [1.165, 1.54) is 6.21 Å². The molecule has 0 N–H and O–H groups in total. The second kappa shape index (κ2) is 4.04. The van der Waals surface area contributed by atoms with Gasteiger partial charge in [-0.05, 0) is 15.9 Å². The van der Waals surface area contributed by atoms with Crippen molar-refractivity contribution in [3.63, 3.8) is 0 Å². The summed E-state index contributed by atoms with van der Waals surface area (Å²) in [7, 11) is 0. The minimum absolute atomic E-state index is 0.315. The van der Waals surface area contributed by atoms with E-state index in [9.17, 15) is 0 Å². The van der Waals surface area contributed by atoms with E-state index in [1.54, 1.807) is 0 Å². The van der Waals surface area contributed by atoms with Gasteiger partial charge in [0.25, 0.3) is 0 Å². The summed E-state index contributed by atoms with van der Waals surface area (Å²) in [5.41, 5.74) is 0.315. The lowest BCUT2D eigenvalue weighted by Gasteiger charge is -1.80. The van der Waals surface area contributed by atoms with Gasteiger partial charge >= 0.3 is 0 Å². The monoisotopic (exact) mass is 184 g/mol. The van der Waals surface area contributed by atoms with Crippen LogP contribution in [0.5, 0.6) is 0 Å². The molecule has 0 aliphatic carbocycles. The van der Waals surface area contributed by atoms with Gasteiger partial charge in [-0.2, -0.15) is 5.26 Å². The number of nitrogens with zero attached hydrogens (tertiary/aromatic N) is 2. The van der Waals surface area contributed by atoms with Crippen molar-refractivity contribution < 1.29 is 0 Å². The molecule has 0 aliphatic rings. The molecule has 9 heavy (non-hydrogen) atoms. The van der Waals surface area contributed by atoms with Crippen molar-refractivity contribution in [3.8, 4) is 6.07 Å². The molecule has 0 unspecified atom stereocenters. The van der Waals surface area contributed by atoms with Crippen molar-refractivity contribution in [1.29, 1.82) is 5.26 Å². The Balaban J connectivity index is 3.90. The largest absolute Gasteiger partial charge is 0.249 e. The van der Waals surface area contributed by atoms with Crippen molar-refractivity contribution >= 4 is 22.1 Å². The van der Waals surface area contributed by atoms with Gasteiger partial charge in [-0.15, -0.1) is 0 Å². The average Bonchev–Trinajstić information content (AvgIpc) is 1.83. The van der Waals surface area contributed by atoms with Gasteiger partial charge < -0.3 is 0 Å². The highest BCUT2D eigenvalue weighted by Crippen LogP contribution is 2.00. The van der Waals surface area contributed by atoms with Gasteiger partial charge in [-0.25, -0.2) is 4.99 Å². The van der Waals surface area contributed by atoms with Crippen LogP contribution < -0.4 is 0 Å². The van der Waals surface area contributed by atoms with Crippen molar-refractivity contribution in [3.05, 3.63) is 23.3 Å². The summed E-state index contributed by atoms with van der Waals surface area (Å²) in [4.78, 5) is 3.67. The minimum atomic E-state index is 0.315. The first-order valence-electron chi connectivity index (χ1n) is 2.14. The lowest BCUT2D eigenvalue weighted by molar-refractivity contribution is 1.51. The molecule has 0 saturated carbocycles. The van der Waals surface area contributed by atoms with Crippen LogP contribution in [0, 0.1) is 11.3 Å². The van der Waals surface area contributed by atoms with Crippen molar-refractivity contribution in [2.45, 2.75) is 0 Å². The van der Waals surface area contributed by atoms with Crippen LogP contribution in [0.2, 0.25) is 0 Å². The zero-order valence-electron chi connectivity index (χ0n) is 4.76. The van der Waals surface area contributed by atoms with Crippen LogP contribution in [0.1, 0.15) is 0 Å². The summed E-state index contributed by atoms with van der Waals surface area (Å²) in [5.74, 6) is 0. The van der Waals surface area contributed by atoms with Gasteiger partial charge in [0.2, 0.25) is 0 Å². The molecule has 0 atom stereocenters. The molecule has 0 fully saturated rings. The predicted molar refractivity (Wildman–Crippen MR) is 41.3 cm³/mol. The fourth-order valence-electron chi connectivity index (χ4n) is 0.177. The van der Waals surface area contributed by atoms with E-state index in [0.29, 0.717) is 10.2 Å². The van der Waals surface area contributed by atoms with Crippen LogP contribution in [-0.4, -0.2) is 6.21 Å². The number of allylic oxidation sites excluding steroid dienone is 1. The molecule has 0 aliphatic heterocycles. The van der Waals surface area contributed by atoms with Crippen LogP contribution >= 0.6 is 15.9 Å². The lowest BCUT2D eigenvalue weighted by Crippen LogP contribution is -1.74. The standard InChI is InChI=1S/C6H5BrN2/c1-5(3-8)4-9-6(2)7/h4H,1-2H2/b9-4-. The van der Waals surface area contributed by atoms with E-state index in [1.807, 2.05) is 6.07 Å². The van der Waals surface area contributed by atoms with Gasteiger partial charge in [0.05, 0.1) is 10.2 Å². The van der Waals surface area contributed by atoms with Gasteiger partial charge in [-0.1, -0.05) is 13.2 Å². The van der Waals surface area contributed by atoms with E-state index >= 15 is 0 Å². The molecule has 0 heterocycles. The maximum Gasteiger partial charge on any atom is 0.100 e. The molecule has 0 spiro atoms. The predicted octanol–water partition coefficient (Wildman–Crippen LogP) is 2.00. The van der Waals surface area contributed by atoms with Crippen molar-refractivity contribution in [2.75, 3.05) is 0 Å². The number of rotatable bonds is 2. The minimum Gasteiger partial charge on any atom is -0.249 e. The zero-order valence-corrected chi connectivity index (χ0v) is 6.35. The molecule has 0 saturated heterocycles. The molecule has 3 heteroatoms. The number of hydrogen-bond acceptors (Lipinski definition) is 2.